The summed E-state index contributed by atoms with van der Waals surface area (Å²) in [4.78, 5) is 30.3. The van der Waals surface area contributed by atoms with Gasteiger partial charge in [-0.25, -0.2) is 9.97 Å². The van der Waals surface area contributed by atoms with Gasteiger partial charge in [0.25, 0.3) is 5.91 Å². The zero-order valence-corrected chi connectivity index (χ0v) is 22.6. The number of thioether (sulfide) groups is 1. The summed E-state index contributed by atoms with van der Waals surface area (Å²) in [7, 11) is 1.97. The molecule has 2 heterocycles. The normalized spacial score (nSPS) is 10.6. The molecule has 0 N–H and O–H groups in total. The summed E-state index contributed by atoms with van der Waals surface area (Å²) in [5, 5.41) is 10.0. The fraction of sp³-hybridized carbons (Fsp3) is 0.207. The lowest BCUT2D eigenvalue weighted by molar-refractivity contribution is 0.0746. The number of nitriles is 1. The average Bonchev–Trinajstić information content (AvgIpc) is 2.94. The van der Waals surface area contributed by atoms with Gasteiger partial charge in [-0.05, 0) is 34.9 Å². The molecule has 0 bridgehead atoms. The predicted octanol–water partition coefficient (Wildman–Crippen LogP) is 6.01. The Balaban J connectivity index is 1.44. The van der Waals surface area contributed by atoms with Gasteiger partial charge in [-0.3, -0.25) is 9.78 Å². The quantitative estimate of drug-likeness (QED) is 0.130. The van der Waals surface area contributed by atoms with Gasteiger partial charge < -0.3 is 9.80 Å². The Kier molecular flexibility index (Phi) is 9.68. The van der Waals surface area contributed by atoms with Crippen LogP contribution in [0, 0.1) is 11.3 Å². The van der Waals surface area contributed by atoms with Gasteiger partial charge in [0.2, 0.25) is 0 Å². The highest BCUT2D eigenvalue weighted by atomic mass is 35.5. The van der Waals surface area contributed by atoms with Gasteiger partial charge in [0.05, 0.1) is 12.5 Å². The van der Waals surface area contributed by atoms with Crippen LogP contribution < -0.4 is 4.90 Å². The maximum Gasteiger partial charge on any atom is 0.254 e. The lowest BCUT2D eigenvalue weighted by atomic mass is 10.1. The third-order valence-electron chi connectivity index (χ3n) is 5.73. The van der Waals surface area contributed by atoms with E-state index in [0.717, 1.165) is 16.9 Å². The summed E-state index contributed by atoms with van der Waals surface area (Å²) in [6.07, 6.45) is 3.69. The fourth-order valence-electron chi connectivity index (χ4n) is 3.86. The monoisotopic (exact) mass is 542 g/mol. The van der Waals surface area contributed by atoms with Crippen molar-refractivity contribution in [2.24, 2.45) is 0 Å². The molecule has 0 aliphatic heterocycles. The van der Waals surface area contributed by atoms with Crippen molar-refractivity contribution in [3.8, 4) is 6.07 Å². The van der Waals surface area contributed by atoms with Gasteiger partial charge in [-0.2, -0.15) is 5.26 Å². The number of rotatable bonds is 11. The zero-order valence-electron chi connectivity index (χ0n) is 21.0. The minimum Gasteiger partial charge on any atom is -0.355 e. The van der Waals surface area contributed by atoms with Crippen LogP contribution in [0.15, 0.2) is 90.3 Å². The van der Waals surface area contributed by atoms with E-state index in [4.69, 9.17) is 21.8 Å². The van der Waals surface area contributed by atoms with Crippen molar-refractivity contribution in [2.45, 2.75) is 30.4 Å². The number of aromatic nitrogens is 3. The number of benzene rings is 2. The summed E-state index contributed by atoms with van der Waals surface area (Å²) in [6, 6.07) is 25.3. The minimum atomic E-state index is -0.125. The number of carbonyl (C=O) groups is 1. The van der Waals surface area contributed by atoms with Crippen LogP contribution >= 0.6 is 23.4 Å². The number of halogens is 1. The van der Waals surface area contributed by atoms with Gasteiger partial charge in [-0.1, -0.05) is 71.9 Å². The van der Waals surface area contributed by atoms with E-state index in [0.29, 0.717) is 41.3 Å². The Hall–Kier alpha value is -3.93. The molecule has 0 aliphatic carbocycles. The van der Waals surface area contributed by atoms with E-state index in [9.17, 15) is 4.79 Å². The SMILES string of the molecule is CN(Cc1ccccc1)c1cc(Cl)nc(SCc2cccc(C(=O)N(CCC#N)Cc3cccnc3)c2)n1. The first-order valence-electron chi connectivity index (χ1n) is 12.1. The van der Waals surface area contributed by atoms with E-state index in [-0.39, 0.29) is 12.3 Å². The van der Waals surface area contributed by atoms with E-state index >= 15 is 0 Å². The summed E-state index contributed by atoms with van der Waals surface area (Å²) < 4.78 is 0. The van der Waals surface area contributed by atoms with Crippen molar-refractivity contribution in [2.75, 3.05) is 18.5 Å². The van der Waals surface area contributed by atoms with Gasteiger partial charge in [-0.15, -0.1) is 0 Å². The summed E-state index contributed by atoms with van der Waals surface area (Å²) >= 11 is 7.78. The number of amides is 1. The van der Waals surface area contributed by atoms with Crippen molar-refractivity contribution >= 4 is 35.1 Å². The van der Waals surface area contributed by atoms with Gasteiger partial charge >= 0.3 is 0 Å². The van der Waals surface area contributed by atoms with Crippen molar-refractivity contribution in [1.29, 1.82) is 5.26 Å². The summed E-state index contributed by atoms with van der Waals surface area (Å²) in [5.41, 5.74) is 3.62. The van der Waals surface area contributed by atoms with E-state index in [1.54, 1.807) is 29.4 Å². The Labute approximate surface area is 232 Å². The molecule has 7 nitrogen and oxygen atoms in total. The van der Waals surface area contributed by atoms with Crippen LogP contribution in [0.3, 0.4) is 0 Å². The van der Waals surface area contributed by atoms with Crippen molar-refractivity contribution in [3.05, 3.63) is 113 Å². The Morgan fingerprint density at radius 3 is 2.53 bits per heavy atom. The molecular weight excluding hydrogens is 516 g/mol. The van der Waals surface area contributed by atoms with Crippen LogP contribution in [0.25, 0.3) is 0 Å². The number of anilines is 1. The van der Waals surface area contributed by atoms with Crippen LogP contribution in [-0.2, 0) is 18.8 Å². The molecule has 0 unspecified atom stereocenters. The zero-order chi connectivity index (χ0) is 26.7. The molecule has 192 valence electrons. The molecule has 2 aromatic carbocycles. The van der Waals surface area contributed by atoms with Gasteiger partial charge in [0.1, 0.15) is 11.0 Å². The molecule has 0 saturated heterocycles. The number of hydrogen-bond donors (Lipinski definition) is 0. The second-order valence-electron chi connectivity index (χ2n) is 8.66. The molecule has 4 aromatic rings. The lowest BCUT2D eigenvalue weighted by Crippen LogP contribution is -2.31. The van der Waals surface area contributed by atoms with E-state index in [2.05, 4.69) is 28.2 Å². The van der Waals surface area contributed by atoms with Crippen LogP contribution in [0.1, 0.15) is 33.5 Å². The highest BCUT2D eigenvalue weighted by molar-refractivity contribution is 7.98. The van der Waals surface area contributed by atoms with Crippen molar-refractivity contribution in [3.63, 3.8) is 0 Å². The largest absolute Gasteiger partial charge is 0.355 e. The standard InChI is InChI=1S/C29H27ClN6OS/c1-35(19-22-8-3-2-4-9-22)27-17-26(30)33-29(34-27)38-21-23-10-5-12-25(16-23)28(37)36(15-7-13-31)20-24-11-6-14-32-18-24/h2-6,8-12,14,16-18H,7,15,19-21H2,1H3. The molecule has 0 atom stereocenters. The van der Waals surface area contributed by atoms with E-state index < -0.39 is 0 Å². The first-order chi connectivity index (χ1) is 18.5. The molecule has 0 saturated carbocycles. The molecule has 2 aromatic heterocycles. The fourth-order valence-corrected chi connectivity index (χ4v) is 4.88. The van der Waals surface area contributed by atoms with E-state index in [1.165, 1.54) is 17.3 Å². The number of hydrogen-bond acceptors (Lipinski definition) is 7. The van der Waals surface area contributed by atoms with Crippen LogP contribution in [-0.4, -0.2) is 39.4 Å². The summed E-state index contributed by atoms with van der Waals surface area (Å²) in [5.74, 6) is 1.19. The van der Waals surface area contributed by atoms with Crippen LogP contribution in [0.2, 0.25) is 5.15 Å². The molecule has 0 aliphatic rings. The van der Waals surface area contributed by atoms with Gasteiger partial charge in [0.15, 0.2) is 5.16 Å². The minimum absolute atomic E-state index is 0.125. The molecule has 0 fully saturated rings. The predicted molar refractivity (Wildman–Crippen MR) is 151 cm³/mol. The Morgan fingerprint density at radius 2 is 1.76 bits per heavy atom. The molecule has 0 spiro atoms. The third kappa shape index (κ3) is 7.78. The topological polar surface area (TPSA) is 86.0 Å². The maximum absolute atomic E-state index is 13.3. The van der Waals surface area contributed by atoms with E-state index in [1.807, 2.05) is 60.5 Å². The van der Waals surface area contributed by atoms with Crippen LogP contribution in [0.4, 0.5) is 5.82 Å². The highest BCUT2D eigenvalue weighted by Gasteiger charge is 2.17. The highest BCUT2D eigenvalue weighted by Crippen LogP contribution is 2.25. The van der Waals surface area contributed by atoms with Crippen molar-refractivity contribution < 1.29 is 4.79 Å². The third-order valence-corrected chi connectivity index (χ3v) is 6.85. The number of carbonyl (C=O) groups excluding carboxylic acids is 1. The maximum atomic E-state index is 13.3. The molecule has 0 radical (unpaired) electrons. The van der Waals surface area contributed by atoms with Crippen LogP contribution in [0.5, 0.6) is 0 Å². The van der Waals surface area contributed by atoms with Gasteiger partial charge in [0, 0.05) is 56.5 Å². The lowest BCUT2D eigenvalue weighted by Gasteiger charge is -2.22. The molecule has 38 heavy (non-hydrogen) atoms. The molecule has 4 rings (SSSR count). The first kappa shape index (κ1) is 27.1. The summed E-state index contributed by atoms with van der Waals surface area (Å²) in [6.45, 7) is 1.44. The molecule has 1 amide bonds. The Bertz CT molecular complexity index is 1400. The second-order valence-corrected chi connectivity index (χ2v) is 9.99. The smallest absolute Gasteiger partial charge is 0.254 e. The Morgan fingerprint density at radius 1 is 0.974 bits per heavy atom. The average molecular weight is 543 g/mol. The number of pyridine rings is 1. The first-order valence-corrected chi connectivity index (χ1v) is 13.4. The molecular formula is C29H27ClN6OS. The second kappa shape index (κ2) is 13.6. The van der Waals surface area contributed by atoms with Crippen molar-refractivity contribution in [1.82, 2.24) is 19.9 Å². The number of nitrogens with zero attached hydrogens (tertiary/aromatic N) is 6. The molecule has 9 heteroatoms.